The van der Waals surface area contributed by atoms with Crippen LogP contribution in [0.15, 0.2) is 71.2 Å². The van der Waals surface area contributed by atoms with E-state index >= 15 is 0 Å². The molecular formula is C26H30N8O4. The molecule has 2 heterocycles. The standard InChI is InChI=1S/C26H30N8O4/c1-33(2)15-23(35)37-31-25(27)19-8-10-29-21(13-19)17-6-5-7-18(12-17)22-14-20(9-11-30-22)26(28)32-38-24(36)16-34(3)4/h5-14H,15-16H2,1-4H3,(H2,27,31)(H2,28,32). The molecule has 3 rings (SSSR count). The monoisotopic (exact) mass is 518 g/mol. The Bertz CT molecular complexity index is 1260. The van der Waals surface area contributed by atoms with Crippen LogP contribution in [0.25, 0.3) is 22.5 Å². The summed E-state index contributed by atoms with van der Waals surface area (Å²) in [7, 11) is 6.98. The van der Waals surface area contributed by atoms with Gasteiger partial charge in [-0.15, -0.1) is 0 Å². The first-order valence-corrected chi connectivity index (χ1v) is 11.5. The topological polar surface area (TPSA) is 162 Å². The van der Waals surface area contributed by atoms with Gasteiger partial charge in [0.05, 0.1) is 24.5 Å². The highest BCUT2D eigenvalue weighted by Gasteiger charge is 2.11. The molecule has 12 heteroatoms. The Hall–Kier alpha value is -4.68. The lowest BCUT2D eigenvalue weighted by atomic mass is 10.0. The Morgan fingerprint density at radius 3 is 1.55 bits per heavy atom. The normalized spacial score (nSPS) is 12.1. The third kappa shape index (κ3) is 8.18. The van der Waals surface area contributed by atoms with Crippen LogP contribution in [-0.4, -0.2) is 84.7 Å². The molecule has 0 spiro atoms. The van der Waals surface area contributed by atoms with E-state index < -0.39 is 11.9 Å². The van der Waals surface area contributed by atoms with Gasteiger partial charge in [0.15, 0.2) is 11.7 Å². The molecule has 2 aromatic heterocycles. The number of hydrogen-bond donors (Lipinski definition) is 2. The summed E-state index contributed by atoms with van der Waals surface area (Å²) in [6, 6.07) is 14.4. The number of carbonyl (C=O) groups is 2. The van der Waals surface area contributed by atoms with Gasteiger partial charge in [0.25, 0.3) is 0 Å². The van der Waals surface area contributed by atoms with Gasteiger partial charge in [0.1, 0.15) is 0 Å². The second-order valence-electron chi connectivity index (χ2n) is 8.80. The first kappa shape index (κ1) is 27.9. The minimum Gasteiger partial charge on any atom is -0.380 e. The van der Waals surface area contributed by atoms with E-state index in [1.807, 2.05) is 24.3 Å². The molecule has 12 nitrogen and oxygen atoms in total. The van der Waals surface area contributed by atoms with Crippen molar-refractivity contribution in [1.29, 1.82) is 0 Å². The summed E-state index contributed by atoms with van der Waals surface area (Å²) in [5.74, 6) is -0.946. The Morgan fingerprint density at radius 2 is 1.16 bits per heavy atom. The number of carbonyl (C=O) groups excluding carboxylic acids is 2. The Morgan fingerprint density at radius 1 is 0.737 bits per heavy atom. The van der Waals surface area contributed by atoms with Crippen molar-refractivity contribution in [3.05, 3.63) is 72.1 Å². The lowest BCUT2D eigenvalue weighted by Crippen LogP contribution is -2.23. The van der Waals surface area contributed by atoms with E-state index in [9.17, 15) is 9.59 Å². The molecule has 0 unspecified atom stereocenters. The average Bonchev–Trinajstić information content (AvgIpc) is 2.90. The number of benzene rings is 1. The van der Waals surface area contributed by atoms with E-state index in [-0.39, 0.29) is 24.8 Å². The van der Waals surface area contributed by atoms with Crippen LogP contribution in [0, 0.1) is 0 Å². The summed E-state index contributed by atoms with van der Waals surface area (Å²) in [4.78, 5) is 45.4. The van der Waals surface area contributed by atoms with Crippen molar-refractivity contribution in [2.45, 2.75) is 0 Å². The number of hydrogen-bond acceptors (Lipinski definition) is 10. The molecule has 0 saturated carbocycles. The van der Waals surface area contributed by atoms with Gasteiger partial charge in [0.2, 0.25) is 0 Å². The molecule has 3 aromatic rings. The van der Waals surface area contributed by atoms with E-state index in [1.165, 1.54) is 0 Å². The molecule has 0 fully saturated rings. The lowest BCUT2D eigenvalue weighted by molar-refractivity contribution is -0.145. The number of rotatable bonds is 10. The van der Waals surface area contributed by atoms with E-state index in [0.717, 1.165) is 11.1 Å². The van der Waals surface area contributed by atoms with Gasteiger partial charge in [-0.3, -0.25) is 19.8 Å². The number of nitrogens with zero attached hydrogens (tertiary/aromatic N) is 6. The quantitative estimate of drug-likeness (QED) is 0.173. The fourth-order valence-corrected chi connectivity index (χ4v) is 3.21. The fourth-order valence-electron chi connectivity index (χ4n) is 3.21. The second-order valence-corrected chi connectivity index (χ2v) is 8.80. The van der Waals surface area contributed by atoms with Gasteiger partial charge in [-0.2, -0.15) is 0 Å². The number of likely N-dealkylation sites (N-methyl/N-ethyl adjacent to an activating group) is 2. The first-order valence-electron chi connectivity index (χ1n) is 11.5. The summed E-state index contributed by atoms with van der Waals surface area (Å²) in [6.07, 6.45) is 3.18. The van der Waals surface area contributed by atoms with Gasteiger partial charge in [0, 0.05) is 34.6 Å². The maximum Gasteiger partial charge on any atom is 0.348 e. The van der Waals surface area contributed by atoms with Crippen LogP contribution in [-0.2, 0) is 19.3 Å². The minimum atomic E-state index is -0.521. The molecule has 0 aliphatic rings. The predicted octanol–water partition coefficient (Wildman–Crippen LogP) is 1.26. The van der Waals surface area contributed by atoms with Crippen molar-refractivity contribution in [2.75, 3.05) is 41.3 Å². The molecule has 0 aliphatic heterocycles. The second kappa shape index (κ2) is 13.0. The highest BCUT2D eigenvalue weighted by Crippen LogP contribution is 2.25. The van der Waals surface area contributed by atoms with E-state index in [4.69, 9.17) is 21.1 Å². The zero-order chi connectivity index (χ0) is 27.7. The molecule has 1 aromatic carbocycles. The van der Waals surface area contributed by atoms with Crippen molar-refractivity contribution in [3.63, 3.8) is 0 Å². The van der Waals surface area contributed by atoms with Crippen LogP contribution < -0.4 is 11.5 Å². The molecule has 0 atom stereocenters. The Kier molecular flexibility index (Phi) is 9.57. The van der Waals surface area contributed by atoms with Crippen LogP contribution in [0.2, 0.25) is 0 Å². The smallest absolute Gasteiger partial charge is 0.348 e. The molecule has 38 heavy (non-hydrogen) atoms. The van der Waals surface area contributed by atoms with E-state index in [1.54, 1.807) is 74.6 Å². The summed E-state index contributed by atoms with van der Waals surface area (Å²) >= 11 is 0. The van der Waals surface area contributed by atoms with Crippen molar-refractivity contribution < 1.29 is 19.3 Å². The highest BCUT2D eigenvalue weighted by atomic mass is 16.7. The largest absolute Gasteiger partial charge is 0.380 e. The zero-order valence-corrected chi connectivity index (χ0v) is 21.7. The highest BCUT2D eigenvalue weighted by molar-refractivity contribution is 5.99. The van der Waals surface area contributed by atoms with Crippen LogP contribution in [0.4, 0.5) is 0 Å². The number of nitrogens with two attached hydrogens (primary N) is 2. The number of amidine groups is 2. The average molecular weight is 519 g/mol. The molecule has 0 bridgehead atoms. The molecular weight excluding hydrogens is 488 g/mol. The maximum atomic E-state index is 11.7. The Balaban J connectivity index is 1.80. The van der Waals surface area contributed by atoms with Crippen LogP contribution in [0.5, 0.6) is 0 Å². The van der Waals surface area contributed by atoms with Crippen molar-refractivity contribution in [2.24, 2.45) is 21.8 Å². The molecule has 0 radical (unpaired) electrons. The van der Waals surface area contributed by atoms with Crippen molar-refractivity contribution in [1.82, 2.24) is 19.8 Å². The first-order chi connectivity index (χ1) is 18.1. The maximum absolute atomic E-state index is 11.7. The fraction of sp³-hybridized carbons (Fsp3) is 0.231. The van der Waals surface area contributed by atoms with Gasteiger partial charge in [-0.1, -0.05) is 28.5 Å². The summed E-state index contributed by atoms with van der Waals surface area (Å²) < 4.78 is 0. The summed E-state index contributed by atoms with van der Waals surface area (Å²) in [6.45, 7) is 0.166. The summed E-state index contributed by atoms with van der Waals surface area (Å²) in [5.41, 5.74) is 16.0. The molecule has 198 valence electrons. The summed E-state index contributed by atoms with van der Waals surface area (Å²) in [5, 5.41) is 7.47. The molecule has 0 aliphatic carbocycles. The van der Waals surface area contributed by atoms with Gasteiger partial charge < -0.3 is 21.1 Å². The van der Waals surface area contributed by atoms with Crippen molar-refractivity contribution >= 4 is 23.6 Å². The molecule has 4 N–H and O–H groups in total. The van der Waals surface area contributed by atoms with Crippen LogP contribution >= 0.6 is 0 Å². The zero-order valence-electron chi connectivity index (χ0n) is 21.7. The van der Waals surface area contributed by atoms with Gasteiger partial charge >= 0.3 is 11.9 Å². The van der Waals surface area contributed by atoms with Crippen LogP contribution in [0.3, 0.4) is 0 Å². The van der Waals surface area contributed by atoms with E-state index in [0.29, 0.717) is 22.5 Å². The van der Waals surface area contributed by atoms with Crippen molar-refractivity contribution in [3.8, 4) is 22.5 Å². The van der Waals surface area contributed by atoms with E-state index in [2.05, 4.69) is 20.3 Å². The minimum absolute atomic E-state index is 0.0484. The van der Waals surface area contributed by atoms with Gasteiger partial charge in [-0.25, -0.2) is 9.59 Å². The lowest BCUT2D eigenvalue weighted by Gasteiger charge is -2.09. The number of oxime groups is 2. The number of pyridine rings is 2. The third-order valence-electron chi connectivity index (χ3n) is 4.95. The Labute approximate surface area is 220 Å². The third-order valence-corrected chi connectivity index (χ3v) is 4.95. The van der Waals surface area contributed by atoms with Crippen LogP contribution in [0.1, 0.15) is 11.1 Å². The number of aromatic nitrogens is 2. The molecule has 0 saturated heterocycles. The van der Waals surface area contributed by atoms with Gasteiger partial charge in [-0.05, 0) is 58.5 Å². The predicted molar refractivity (Wildman–Crippen MR) is 144 cm³/mol. The SMILES string of the molecule is CN(C)CC(=O)O/N=C(\N)c1ccnc(-c2cccc(-c3cc(/C(N)=N/OC(=O)CN(C)C)ccn3)c2)c1. The molecule has 0 amide bonds.